The molecule has 3 fully saturated rings. The van der Waals surface area contributed by atoms with E-state index in [0.717, 1.165) is 60.5 Å². The van der Waals surface area contributed by atoms with Gasteiger partial charge in [-0.15, -0.1) is 0 Å². The summed E-state index contributed by atoms with van der Waals surface area (Å²) in [7, 11) is 0. The number of carbonyl (C=O) groups is 2. The van der Waals surface area contributed by atoms with E-state index in [0.29, 0.717) is 37.1 Å². The third kappa shape index (κ3) is 5.79. The Morgan fingerprint density at radius 2 is 1.84 bits per heavy atom. The van der Waals surface area contributed by atoms with Crippen LogP contribution in [0.4, 0.5) is 5.69 Å². The Kier molecular flexibility index (Phi) is 7.44. The first-order valence-corrected chi connectivity index (χ1v) is 15.5. The second-order valence-electron chi connectivity index (χ2n) is 12.5. The molecule has 4 aromatic rings. The van der Waals surface area contributed by atoms with E-state index in [-0.39, 0.29) is 17.9 Å². The molecule has 2 aliphatic heterocycles. The topological polar surface area (TPSA) is 118 Å². The predicted molar refractivity (Wildman–Crippen MR) is 167 cm³/mol. The minimum atomic E-state index is -0.350. The second-order valence-corrected chi connectivity index (χ2v) is 12.5. The van der Waals surface area contributed by atoms with Gasteiger partial charge in [-0.1, -0.05) is 24.3 Å². The maximum Gasteiger partial charge on any atom is 0.249 e. The standard InChI is InChI=1S/C34H39N7O2/c1-21-14-24(2-3-25(21)17-35)33-31-16-27(19-41(31)37-20-36-33)29-15-26(29)18-40-12-10-23(11-13-40)22-4-6-28(7-5-22)38-30-8-9-32(42)39-34(30)43/h2-7,14,16,19-20,23,26,29-30,38H,8-13,15,17-18,35H2,1H3,(H,39,42,43). The Balaban J connectivity index is 0.930. The molecular weight excluding hydrogens is 538 g/mol. The molecule has 3 atom stereocenters. The lowest BCUT2D eigenvalue weighted by Gasteiger charge is -2.32. The lowest BCUT2D eigenvalue weighted by Crippen LogP contribution is -2.47. The molecule has 3 unspecified atom stereocenters. The summed E-state index contributed by atoms with van der Waals surface area (Å²) in [5.74, 6) is 1.41. The number of amides is 2. The van der Waals surface area contributed by atoms with Gasteiger partial charge < -0.3 is 16.0 Å². The average molecular weight is 578 g/mol. The third-order valence-electron chi connectivity index (χ3n) is 9.66. The molecule has 2 aromatic heterocycles. The van der Waals surface area contributed by atoms with Gasteiger partial charge in [0.1, 0.15) is 12.4 Å². The lowest BCUT2D eigenvalue weighted by atomic mass is 9.89. The van der Waals surface area contributed by atoms with Gasteiger partial charge in [0.05, 0.1) is 11.2 Å². The normalized spacial score (nSPS) is 23.0. The van der Waals surface area contributed by atoms with Gasteiger partial charge in [0.25, 0.3) is 0 Å². The van der Waals surface area contributed by atoms with E-state index in [2.05, 4.69) is 87.3 Å². The van der Waals surface area contributed by atoms with Crippen molar-refractivity contribution in [2.24, 2.45) is 11.7 Å². The molecule has 2 saturated heterocycles. The van der Waals surface area contributed by atoms with Gasteiger partial charge in [-0.05, 0) is 110 Å². The van der Waals surface area contributed by atoms with Gasteiger partial charge in [-0.3, -0.25) is 14.9 Å². The van der Waals surface area contributed by atoms with Crippen molar-refractivity contribution in [2.45, 2.75) is 63.5 Å². The number of aromatic nitrogens is 3. The average Bonchev–Trinajstić information content (AvgIpc) is 3.64. The molecular formula is C34H39N7O2. The molecule has 4 heterocycles. The molecule has 1 aliphatic carbocycles. The maximum absolute atomic E-state index is 12.1. The first-order chi connectivity index (χ1) is 20.9. The third-order valence-corrected chi connectivity index (χ3v) is 9.66. The Hall–Kier alpha value is -4.08. The Morgan fingerprint density at radius 3 is 2.58 bits per heavy atom. The number of nitrogens with one attached hydrogen (secondary N) is 2. The zero-order valence-corrected chi connectivity index (χ0v) is 24.6. The van der Waals surface area contributed by atoms with Gasteiger partial charge in [0.15, 0.2) is 0 Å². The molecule has 0 spiro atoms. The number of benzene rings is 2. The van der Waals surface area contributed by atoms with Crippen molar-refractivity contribution in [3.8, 4) is 11.3 Å². The monoisotopic (exact) mass is 577 g/mol. The molecule has 7 rings (SSSR count). The van der Waals surface area contributed by atoms with Crippen LogP contribution >= 0.6 is 0 Å². The minimum Gasteiger partial charge on any atom is -0.374 e. The SMILES string of the molecule is Cc1cc(-c2ncnn3cc(C4CC4CN4CCC(c5ccc(NC6CCC(=O)NC6=O)cc5)CC4)cc23)ccc1CN. The molecule has 1 saturated carbocycles. The molecule has 2 aromatic carbocycles. The molecule has 0 radical (unpaired) electrons. The van der Waals surface area contributed by atoms with Crippen molar-refractivity contribution < 1.29 is 9.59 Å². The number of rotatable bonds is 8. The zero-order valence-electron chi connectivity index (χ0n) is 24.6. The van der Waals surface area contributed by atoms with Crippen LogP contribution in [0, 0.1) is 12.8 Å². The van der Waals surface area contributed by atoms with Crippen molar-refractivity contribution in [1.29, 1.82) is 0 Å². The number of aryl methyl sites for hydroxylation is 1. The van der Waals surface area contributed by atoms with Crippen LogP contribution in [0.25, 0.3) is 16.8 Å². The fraction of sp³-hybridized carbons (Fsp3) is 0.412. The van der Waals surface area contributed by atoms with E-state index >= 15 is 0 Å². The molecule has 9 nitrogen and oxygen atoms in total. The van der Waals surface area contributed by atoms with E-state index in [1.807, 2.05) is 4.52 Å². The zero-order chi connectivity index (χ0) is 29.5. The number of likely N-dealkylation sites (tertiary alicyclic amines) is 1. The number of hydrogen-bond donors (Lipinski definition) is 3. The first-order valence-electron chi connectivity index (χ1n) is 15.5. The summed E-state index contributed by atoms with van der Waals surface area (Å²) < 4.78 is 1.98. The van der Waals surface area contributed by atoms with Crippen LogP contribution in [-0.4, -0.2) is 57.0 Å². The maximum atomic E-state index is 12.1. The molecule has 4 N–H and O–H groups in total. The highest BCUT2D eigenvalue weighted by atomic mass is 16.2. The largest absolute Gasteiger partial charge is 0.374 e. The Morgan fingerprint density at radius 1 is 1.02 bits per heavy atom. The summed E-state index contributed by atoms with van der Waals surface area (Å²) in [6.45, 7) is 6.04. The van der Waals surface area contributed by atoms with Crippen LogP contribution in [0.5, 0.6) is 0 Å². The number of imide groups is 1. The van der Waals surface area contributed by atoms with Crippen molar-refractivity contribution in [2.75, 3.05) is 25.0 Å². The van der Waals surface area contributed by atoms with Gasteiger partial charge >= 0.3 is 0 Å². The number of fused-ring (bicyclic) bond motifs is 1. The quantitative estimate of drug-likeness (QED) is 0.266. The summed E-state index contributed by atoms with van der Waals surface area (Å²) in [5.41, 5.74) is 15.0. The highest BCUT2D eigenvalue weighted by Crippen LogP contribution is 2.49. The van der Waals surface area contributed by atoms with Crippen LogP contribution in [-0.2, 0) is 16.1 Å². The van der Waals surface area contributed by atoms with Gasteiger partial charge in [0, 0.05) is 37.0 Å². The van der Waals surface area contributed by atoms with E-state index < -0.39 is 0 Å². The predicted octanol–water partition coefficient (Wildman–Crippen LogP) is 4.36. The molecule has 2 amide bonds. The highest BCUT2D eigenvalue weighted by molar-refractivity contribution is 6.01. The van der Waals surface area contributed by atoms with E-state index in [4.69, 9.17) is 5.73 Å². The smallest absolute Gasteiger partial charge is 0.249 e. The van der Waals surface area contributed by atoms with Crippen molar-refractivity contribution in [1.82, 2.24) is 24.8 Å². The second kappa shape index (κ2) is 11.5. The van der Waals surface area contributed by atoms with Crippen LogP contribution < -0.4 is 16.4 Å². The van der Waals surface area contributed by atoms with E-state index in [1.54, 1.807) is 6.33 Å². The number of piperidine rings is 2. The van der Waals surface area contributed by atoms with Crippen molar-refractivity contribution in [3.63, 3.8) is 0 Å². The van der Waals surface area contributed by atoms with Gasteiger partial charge in [0.2, 0.25) is 11.8 Å². The van der Waals surface area contributed by atoms with Crippen molar-refractivity contribution in [3.05, 3.63) is 83.3 Å². The summed E-state index contributed by atoms with van der Waals surface area (Å²) in [5, 5.41) is 10.2. The number of anilines is 1. The lowest BCUT2D eigenvalue weighted by molar-refractivity contribution is -0.133. The van der Waals surface area contributed by atoms with Gasteiger partial charge in [-0.2, -0.15) is 5.10 Å². The van der Waals surface area contributed by atoms with E-state index in [9.17, 15) is 9.59 Å². The Labute approximate surface area is 251 Å². The van der Waals surface area contributed by atoms with E-state index in [1.165, 1.54) is 23.1 Å². The highest BCUT2D eigenvalue weighted by Gasteiger charge is 2.40. The van der Waals surface area contributed by atoms with Gasteiger partial charge in [-0.25, -0.2) is 9.50 Å². The Bertz CT molecular complexity index is 1660. The fourth-order valence-electron chi connectivity index (χ4n) is 6.97. The van der Waals surface area contributed by atoms with Crippen LogP contribution in [0.3, 0.4) is 0 Å². The minimum absolute atomic E-state index is 0.190. The number of nitrogens with two attached hydrogens (primary N) is 1. The molecule has 43 heavy (non-hydrogen) atoms. The van der Waals surface area contributed by atoms with Crippen LogP contribution in [0.2, 0.25) is 0 Å². The van der Waals surface area contributed by atoms with Crippen LogP contribution in [0.15, 0.2) is 61.1 Å². The summed E-state index contributed by atoms with van der Waals surface area (Å²) in [4.78, 5) is 30.8. The van der Waals surface area contributed by atoms with Crippen LogP contribution in [0.1, 0.15) is 66.2 Å². The number of nitrogens with zero attached hydrogens (tertiary/aromatic N) is 4. The summed E-state index contributed by atoms with van der Waals surface area (Å²) >= 11 is 0. The molecule has 0 bridgehead atoms. The number of carbonyl (C=O) groups excluding carboxylic acids is 2. The first kappa shape index (κ1) is 27.7. The molecule has 3 aliphatic rings. The molecule has 222 valence electrons. The fourth-order valence-corrected chi connectivity index (χ4v) is 6.97. The number of hydrogen-bond acceptors (Lipinski definition) is 7. The molecule has 9 heteroatoms. The van der Waals surface area contributed by atoms with Crippen molar-refractivity contribution >= 4 is 23.0 Å². The summed E-state index contributed by atoms with van der Waals surface area (Å²) in [6, 6.07) is 16.8. The summed E-state index contributed by atoms with van der Waals surface area (Å²) in [6.07, 6.45) is 8.30.